The zero-order chi connectivity index (χ0) is 16.6. The number of aryl methyl sites for hydroxylation is 1. The number of carbonyl (C=O) groups excluding carboxylic acids is 1. The first-order valence-electron chi connectivity index (χ1n) is 5.52. The van der Waals surface area contributed by atoms with E-state index in [1.807, 2.05) is 0 Å². The van der Waals surface area contributed by atoms with Gasteiger partial charge in [-0.3, -0.25) is 4.79 Å². The molecule has 1 aromatic carbocycles. The number of rotatable bonds is 3. The molecule has 0 aliphatic carbocycles. The van der Waals surface area contributed by atoms with Crippen LogP contribution in [0.15, 0.2) is 18.2 Å². The smallest absolute Gasteiger partial charge is 0.320 e. The molecule has 0 atom stereocenters. The molecule has 0 spiro atoms. The lowest BCUT2D eigenvalue weighted by atomic mass is 10.1. The summed E-state index contributed by atoms with van der Waals surface area (Å²) in [5.41, 5.74) is 0.549. The Labute approximate surface area is 114 Å². The molecule has 0 bridgehead atoms. The van der Waals surface area contributed by atoms with Crippen LogP contribution in [0.1, 0.15) is 11.1 Å². The average Bonchev–Trinajstić information content (AvgIpc) is 2.33. The van der Waals surface area contributed by atoms with Crippen molar-refractivity contribution in [2.75, 3.05) is 5.32 Å². The van der Waals surface area contributed by atoms with Crippen LogP contribution in [-0.2, 0) is 4.79 Å². The standard InChI is InChI=1S/C12H10F7NO/c1-6-4-3-5-8(7(6)2)20-9(21)10(13,14)11(15,16)12(17,18)19/h3-5H,1-2H3,(H,20,21). The van der Waals surface area contributed by atoms with Crippen LogP contribution < -0.4 is 5.32 Å². The summed E-state index contributed by atoms with van der Waals surface area (Å²) in [6.45, 7) is 2.94. The summed E-state index contributed by atoms with van der Waals surface area (Å²) in [6.07, 6.45) is -6.55. The zero-order valence-corrected chi connectivity index (χ0v) is 10.8. The molecule has 1 rings (SSSR count). The van der Waals surface area contributed by atoms with Gasteiger partial charge in [-0.15, -0.1) is 0 Å². The van der Waals surface area contributed by atoms with Gasteiger partial charge in [-0.25, -0.2) is 0 Å². The van der Waals surface area contributed by atoms with Crippen molar-refractivity contribution >= 4 is 11.6 Å². The summed E-state index contributed by atoms with van der Waals surface area (Å²) < 4.78 is 87.5. The fourth-order valence-electron chi connectivity index (χ4n) is 1.41. The quantitative estimate of drug-likeness (QED) is 0.837. The number of benzene rings is 1. The number of hydrogen-bond acceptors (Lipinski definition) is 1. The van der Waals surface area contributed by atoms with Crippen molar-refractivity contribution in [3.63, 3.8) is 0 Å². The van der Waals surface area contributed by atoms with Crippen LogP contribution in [0.4, 0.5) is 36.4 Å². The van der Waals surface area contributed by atoms with E-state index in [2.05, 4.69) is 0 Å². The molecule has 118 valence electrons. The van der Waals surface area contributed by atoms with Crippen LogP contribution in [0.3, 0.4) is 0 Å². The Morgan fingerprint density at radius 1 is 1.00 bits per heavy atom. The van der Waals surface area contributed by atoms with Crippen LogP contribution in [0.5, 0.6) is 0 Å². The molecule has 0 fully saturated rings. The lowest BCUT2D eigenvalue weighted by Gasteiger charge is -2.27. The molecule has 0 saturated heterocycles. The first-order chi connectivity index (χ1) is 9.32. The number of amides is 1. The van der Waals surface area contributed by atoms with Crippen LogP contribution in [-0.4, -0.2) is 23.9 Å². The normalized spacial score (nSPS) is 13.2. The van der Waals surface area contributed by atoms with Gasteiger partial charge in [0.15, 0.2) is 0 Å². The second-order valence-electron chi connectivity index (χ2n) is 4.35. The Balaban J connectivity index is 3.11. The van der Waals surface area contributed by atoms with E-state index in [9.17, 15) is 35.5 Å². The summed E-state index contributed by atoms with van der Waals surface area (Å²) in [5.74, 6) is -15.1. The molecule has 9 heteroatoms. The lowest BCUT2D eigenvalue weighted by molar-refractivity contribution is -0.343. The lowest BCUT2D eigenvalue weighted by Crippen LogP contribution is -2.57. The van der Waals surface area contributed by atoms with Crippen molar-refractivity contribution in [3.8, 4) is 0 Å². The van der Waals surface area contributed by atoms with Crippen molar-refractivity contribution in [1.82, 2.24) is 0 Å². The Morgan fingerprint density at radius 3 is 2.00 bits per heavy atom. The van der Waals surface area contributed by atoms with Crippen molar-refractivity contribution in [2.45, 2.75) is 31.9 Å². The molecule has 2 nitrogen and oxygen atoms in total. The summed E-state index contributed by atoms with van der Waals surface area (Å²) in [6, 6.07) is 3.99. The molecule has 1 N–H and O–H groups in total. The number of halogens is 7. The van der Waals surface area contributed by atoms with Crippen molar-refractivity contribution < 1.29 is 35.5 Å². The molecule has 0 heterocycles. The van der Waals surface area contributed by atoms with E-state index < -0.39 is 23.9 Å². The maximum absolute atomic E-state index is 13.1. The maximum Gasteiger partial charge on any atom is 0.460 e. The van der Waals surface area contributed by atoms with Gasteiger partial charge in [0.25, 0.3) is 0 Å². The predicted molar refractivity (Wildman–Crippen MR) is 60.5 cm³/mol. The minimum Gasteiger partial charge on any atom is -0.320 e. The summed E-state index contributed by atoms with van der Waals surface area (Å²) in [4.78, 5) is 11.1. The van der Waals surface area contributed by atoms with Crippen LogP contribution >= 0.6 is 0 Å². The molecule has 0 saturated carbocycles. The third-order valence-corrected chi connectivity index (χ3v) is 2.89. The summed E-state index contributed by atoms with van der Waals surface area (Å²) in [5, 5.41) is 1.40. The van der Waals surface area contributed by atoms with Crippen molar-refractivity contribution in [3.05, 3.63) is 29.3 Å². The number of nitrogens with one attached hydrogen (secondary N) is 1. The Hall–Kier alpha value is -1.80. The van der Waals surface area contributed by atoms with E-state index >= 15 is 0 Å². The Bertz CT molecular complexity index is 551. The highest BCUT2D eigenvalue weighted by atomic mass is 19.4. The molecule has 0 radical (unpaired) electrons. The highest BCUT2D eigenvalue weighted by molar-refractivity contribution is 5.97. The zero-order valence-electron chi connectivity index (χ0n) is 10.8. The number of anilines is 1. The van der Waals surface area contributed by atoms with Gasteiger partial charge in [-0.1, -0.05) is 12.1 Å². The SMILES string of the molecule is Cc1cccc(NC(=O)C(F)(F)C(F)(F)C(F)(F)F)c1C. The fraction of sp³-hybridized carbons (Fsp3) is 0.417. The van der Waals surface area contributed by atoms with E-state index in [4.69, 9.17) is 0 Å². The molecule has 21 heavy (non-hydrogen) atoms. The van der Waals surface area contributed by atoms with E-state index in [0.717, 1.165) is 6.07 Å². The Morgan fingerprint density at radius 2 is 1.52 bits per heavy atom. The molecule has 0 aliphatic rings. The largest absolute Gasteiger partial charge is 0.460 e. The van der Waals surface area contributed by atoms with Gasteiger partial charge in [0.05, 0.1) is 0 Å². The van der Waals surface area contributed by atoms with E-state index in [1.54, 1.807) is 13.0 Å². The molecule has 1 amide bonds. The monoisotopic (exact) mass is 317 g/mol. The van der Waals surface area contributed by atoms with Crippen molar-refractivity contribution in [1.29, 1.82) is 0 Å². The van der Waals surface area contributed by atoms with Gasteiger partial charge in [0, 0.05) is 5.69 Å². The number of carbonyl (C=O) groups is 1. The van der Waals surface area contributed by atoms with Gasteiger partial charge >= 0.3 is 23.9 Å². The molecular formula is C12H10F7NO. The van der Waals surface area contributed by atoms with Gasteiger partial charge in [0.2, 0.25) is 0 Å². The topological polar surface area (TPSA) is 29.1 Å². The van der Waals surface area contributed by atoms with E-state index in [1.165, 1.54) is 18.3 Å². The van der Waals surface area contributed by atoms with Crippen LogP contribution in [0.2, 0.25) is 0 Å². The number of hydrogen-bond donors (Lipinski definition) is 1. The minimum absolute atomic E-state index is 0.266. The summed E-state index contributed by atoms with van der Waals surface area (Å²) in [7, 11) is 0. The first-order valence-corrected chi connectivity index (χ1v) is 5.52. The molecular weight excluding hydrogens is 307 g/mol. The van der Waals surface area contributed by atoms with E-state index in [-0.39, 0.29) is 11.3 Å². The van der Waals surface area contributed by atoms with E-state index in [0.29, 0.717) is 5.56 Å². The molecule has 0 aliphatic heterocycles. The van der Waals surface area contributed by atoms with Crippen molar-refractivity contribution in [2.24, 2.45) is 0 Å². The first kappa shape index (κ1) is 17.3. The Kier molecular flexibility index (Phi) is 4.27. The highest BCUT2D eigenvalue weighted by Gasteiger charge is 2.76. The van der Waals surface area contributed by atoms with Crippen LogP contribution in [0, 0.1) is 13.8 Å². The minimum atomic E-state index is -6.55. The second kappa shape index (κ2) is 5.19. The van der Waals surface area contributed by atoms with Crippen LogP contribution in [0.25, 0.3) is 0 Å². The van der Waals surface area contributed by atoms with Gasteiger partial charge < -0.3 is 5.32 Å². The molecule has 1 aromatic rings. The number of alkyl halides is 7. The third kappa shape index (κ3) is 2.96. The highest BCUT2D eigenvalue weighted by Crippen LogP contribution is 2.46. The maximum atomic E-state index is 13.1. The molecule has 0 unspecified atom stereocenters. The van der Waals surface area contributed by atoms with Gasteiger partial charge in [-0.05, 0) is 31.0 Å². The predicted octanol–water partition coefficient (Wildman–Crippen LogP) is 4.07. The molecule has 0 aromatic heterocycles. The third-order valence-electron chi connectivity index (χ3n) is 2.89. The van der Waals surface area contributed by atoms with Gasteiger partial charge in [-0.2, -0.15) is 30.7 Å². The van der Waals surface area contributed by atoms with Gasteiger partial charge in [0.1, 0.15) is 0 Å². The second-order valence-corrected chi connectivity index (χ2v) is 4.35. The average molecular weight is 317 g/mol. The summed E-state index contributed by atoms with van der Waals surface area (Å²) >= 11 is 0. The fourth-order valence-corrected chi connectivity index (χ4v) is 1.41.